The van der Waals surface area contributed by atoms with Gasteiger partial charge in [0.2, 0.25) is 0 Å². The summed E-state index contributed by atoms with van der Waals surface area (Å²) >= 11 is 0. The van der Waals surface area contributed by atoms with Crippen LogP contribution < -0.4 is 0 Å². The molecule has 0 saturated carbocycles. The van der Waals surface area contributed by atoms with Crippen LogP contribution in [0, 0.1) is 5.92 Å². The summed E-state index contributed by atoms with van der Waals surface area (Å²) in [6.45, 7) is 13.3. The zero-order valence-electron chi connectivity index (χ0n) is 11.5. The van der Waals surface area contributed by atoms with Gasteiger partial charge in [-0.15, -0.1) is 13.2 Å². The Morgan fingerprint density at radius 2 is 1.76 bits per heavy atom. The summed E-state index contributed by atoms with van der Waals surface area (Å²) in [6, 6.07) is 0. The van der Waals surface area contributed by atoms with Gasteiger partial charge in [-0.05, 0) is 38.0 Å². The molecule has 17 heavy (non-hydrogen) atoms. The van der Waals surface area contributed by atoms with Crippen molar-refractivity contribution >= 4 is 0 Å². The molecule has 0 saturated heterocycles. The van der Waals surface area contributed by atoms with Gasteiger partial charge < -0.3 is 9.84 Å². The Balaban J connectivity index is 3.67. The fourth-order valence-corrected chi connectivity index (χ4v) is 1.75. The molecule has 0 amide bonds. The standard InChI is InChI=1S/C15H28O2/c1-5-9-15(16,10-6-2)11-7-12-17-13-8-14(3)4/h5-6,14,16H,1-2,7-13H2,3-4H3. The monoisotopic (exact) mass is 240 g/mol. The van der Waals surface area contributed by atoms with E-state index < -0.39 is 5.60 Å². The first kappa shape index (κ1) is 16.4. The second-order valence-corrected chi connectivity index (χ2v) is 5.11. The lowest BCUT2D eigenvalue weighted by molar-refractivity contribution is 0.0235. The highest BCUT2D eigenvalue weighted by Crippen LogP contribution is 2.22. The second kappa shape index (κ2) is 9.43. The molecule has 0 spiro atoms. The van der Waals surface area contributed by atoms with Crippen LogP contribution in [0.25, 0.3) is 0 Å². The van der Waals surface area contributed by atoms with Gasteiger partial charge in [-0.1, -0.05) is 26.0 Å². The van der Waals surface area contributed by atoms with Crippen molar-refractivity contribution in [2.45, 2.75) is 51.6 Å². The first-order valence-corrected chi connectivity index (χ1v) is 6.56. The minimum Gasteiger partial charge on any atom is -0.389 e. The van der Waals surface area contributed by atoms with Gasteiger partial charge in [0.15, 0.2) is 0 Å². The summed E-state index contributed by atoms with van der Waals surface area (Å²) in [6.07, 6.45) is 7.49. The third kappa shape index (κ3) is 9.13. The predicted molar refractivity (Wildman–Crippen MR) is 74.1 cm³/mol. The van der Waals surface area contributed by atoms with Gasteiger partial charge in [0.05, 0.1) is 5.60 Å². The van der Waals surface area contributed by atoms with Gasteiger partial charge in [-0.25, -0.2) is 0 Å². The van der Waals surface area contributed by atoms with Crippen LogP contribution in [-0.4, -0.2) is 23.9 Å². The highest BCUT2D eigenvalue weighted by Gasteiger charge is 2.22. The maximum absolute atomic E-state index is 10.3. The Morgan fingerprint density at radius 3 is 2.24 bits per heavy atom. The average Bonchev–Trinajstić information content (AvgIpc) is 2.23. The van der Waals surface area contributed by atoms with Crippen molar-refractivity contribution in [3.63, 3.8) is 0 Å². The van der Waals surface area contributed by atoms with Crippen LogP contribution in [0.3, 0.4) is 0 Å². The summed E-state index contributed by atoms with van der Waals surface area (Å²) in [4.78, 5) is 0. The number of hydrogen-bond acceptors (Lipinski definition) is 2. The van der Waals surface area contributed by atoms with Crippen LogP contribution >= 0.6 is 0 Å². The van der Waals surface area contributed by atoms with Crippen LogP contribution in [0.1, 0.15) is 46.0 Å². The van der Waals surface area contributed by atoms with E-state index in [0.29, 0.717) is 18.8 Å². The molecule has 1 N–H and O–H groups in total. The second-order valence-electron chi connectivity index (χ2n) is 5.11. The van der Waals surface area contributed by atoms with Gasteiger partial charge in [0.1, 0.15) is 0 Å². The van der Waals surface area contributed by atoms with E-state index in [-0.39, 0.29) is 0 Å². The van der Waals surface area contributed by atoms with Crippen molar-refractivity contribution in [2.24, 2.45) is 5.92 Å². The van der Waals surface area contributed by atoms with Crippen molar-refractivity contribution in [1.29, 1.82) is 0 Å². The molecule has 0 aliphatic heterocycles. The van der Waals surface area contributed by atoms with E-state index in [1.807, 2.05) is 0 Å². The number of hydrogen-bond donors (Lipinski definition) is 1. The van der Waals surface area contributed by atoms with E-state index >= 15 is 0 Å². The molecule has 0 aromatic carbocycles. The normalized spacial score (nSPS) is 11.8. The summed E-state index contributed by atoms with van der Waals surface area (Å²) in [5.74, 6) is 0.688. The van der Waals surface area contributed by atoms with E-state index in [2.05, 4.69) is 27.0 Å². The largest absolute Gasteiger partial charge is 0.389 e. The quantitative estimate of drug-likeness (QED) is 0.440. The first-order valence-electron chi connectivity index (χ1n) is 6.56. The van der Waals surface area contributed by atoms with Crippen LogP contribution in [0.5, 0.6) is 0 Å². The minimum atomic E-state index is -0.676. The van der Waals surface area contributed by atoms with E-state index in [0.717, 1.165) is 32.5 Å². The molecule has 0 fully saturated rings. The Hall–Kier alpha value is -0.600. The zero-order chi connectivity index (χ0) is 13.1. The fourth-order valence-electron chi connectivity index (χ4n) is 1.75. The topological polar surface area (TPSA) is 29.5 Å². The SMILES string of the molecule is C=CCC(O)(CC=C)CCCOCCC(C)C. The van der Waals surface area contributed by atoms with Crippen LogP contribution in [0.15, 0.2) is 25.3 Å². The molecule has 0 atom stereocenters. The molecule has 0 aromatic heterocycles. The molecule has 0 bridgehead atoms. The molecule has 0 aromatic rings. The van der Waals surface area contributed by atoms with Crippen molar-refractivity contribution in [3.8, 4) is 0 Å². The molecule has 0 aliphatic rings. The average molecular weight is 240 g/mol. The van der Waals surface area contributed by atoms with Gasteiger partial charge >= 0.3 is 0 Å². The first-order chi connectivity index (χ1) is 8.04. The van der Waals surface area contributed by atoms with Crippen LogP contribution in [0.4, 0.5) is 0 Å². The highest BCUT2D eigenvalue weighted by molar-refractivity contribution is 4.91. The van der Waals surface area contributed by atoms with Gasteiger partial charge in [-0.3, -0.25) is 0 Å². The Kier molecular flexibility index (Phi) is 9.10. The number of ether oxygens (including phenoxy) is 1. The van der Waals surface area contributed by atoms with Crippen molar-refractivity contribution in [1.82, 2.24) is 0 Å². The molecule has 2 heteroatoms. The Labute approximate surface area is 106 Å². The minimum absolute atomic E-state index is 0.616. The zero-order valence-corrected chi connectivity index (χ0v) is 11.5. The third-order valence-electron chi connectivity index (χ3n) is 2.82. The molecule has 0 unspecified atom stereocenters. The summed E-state index contributed by atoms with van der Waals surface area (Å²) in [5.41, 5.74) is -0.676. The Bertz CT molecular complexity index is 199. The molecule has 2 nitrogen and oxygen atoms in total. The van der Waals surface area contributed by atoms with E-state index in [4.69, 9.17) is 4.74 Å². The predicted octanol–water partition coefficient (Wildman–Crippen LogP) is 3.71. The van der Waals surface area contributed by atoms with Gasteiger partial charge in [-0.2, -0.15) is 0 Å². The summed E-state index contributed by atoms with van der Waals surface area (Å²) in [5, 5.41) is 10.3. The maximum Gasteiger partial charge on any atom is 0.0716 e. The lowest BCUT2D eigenvalue weighted by atomic mass is 9.90. The lowest BCUT2D eigenvalue weighted by Crippen LogP contribution is -2.27. The molecule has 100 valence electrons. The molecule has 0 aliphatic carbocycles. The van der Waals surface area contributed by atoms with E-state index in [1.54, 1.807) is 12.2 Å². The highest BCUT2D eigenvalue weighted by atomic mass is 16.5. The number of aliphatic hydroxyl groups is 1. The van der Waals surface area contributed by atoms with Gasteiger partial charge in [0, 0.05) is 13.2 Å². The fraction of sp³-hybridized carbons (Fsp3) is 0.733. The number of rotatable bonds is 11. The smallest absolute Gasteiger partial charge is 0.0716 e. The molecule has 0 rings (SSSR count). The maximum atomic E-state index is 10.3. The third-order valence-corrected chi connectivity index (χ3v) is 2.82. The summed E-state index contributed by atoms with van der Waals surface area (Å²) in [7, 11) is 0. The molecule has 0 heterocycles. The van der Waals surface area contributed by atoms with Crippen molar-refractivity contribution in [3.05, 3.63) is 25.3 Å². The van der Waals surface area contributed by atoms with E-state index in [1.165, 1.54) is 0 Å². The van der Waals surface area contributed by atoms with Gasteiger partial charge in [0.25, 0.3) is 0 Å². The molecule has 0 radical (unpaired) electrons. The van der Waals surface area contributed by atoms with Crippen molar-refractivity contribution in [2.75, 3.05) is 13.2 Å². The lowest BCUT2D eigenvalue weighted by Gasteiger charge is -2.25. The molecular weight excluding hydrogens is 212 g/mol. The van der Waals surface area contributed by atoms with Crippen LogP contribution in [-0.2, 0) is 4.74 Å². The van der Waals surface area contributed by atoms with Crippen molar-refractivity contribution < 1.29 is 9.84 Å². The molecular formula is C15H28O2. The van der Waals surface area contributed by atoms with E-state index in [9.17, 15) is 5.11 Å². The summed E-state index contributed by atoms with van der Waals surface area (Å²) < 4.78 is 5.53. The Morgan fingerprint density at radius 1 is 1.18 bits per heavy atom. The van der Waals surface area contributed by atoms with Crippen LogP contribution in [0.2, 0.25) is 0 Å².